The topological polar surface area (TPSA) is 73.1 Å². The molecule has 8 heteroatoms. The molecule has 1 amide bonds. The first-order chi connectivity index (χ1) is 11.6. The van der Waals surface area contributed by atoms with Crippen LogP contribution in [0.3, 0.4) is 0 Å². The van der Waals surface area contributed by atoms with E-state index in [1.165, 1.54) is 16.7 Å². The fourth-order valence-corrected chi connectivity index (χ4v) is 2.37. The van der Waals surface area contributed by atoms with Gasteiger partial charge >= 0.3 is 0 Å². The Morgan fingerprint density at radius 3 is 2.88 bits per heavy atom. The SMILES string of the molecule is COc1ncccc1N(C)C(=O)c1cn(-c2cccc(Cl)c2)nn1. The number of carbonyl (C=O) groups excluding carboxylic acids is 1. The number of benzene rings is 1. The van der Waals surface area contributed by atoms with Gasteiger partial charge in [0, 0.05) is 18.3 Å². The lowest BCUT2D eigenvalue weighted by Gasteiger charge is -2.17. The summed E-state index contributed by atoms with van der Waals surface area (Å²) in [5.74, 6) is 0.0326. The molecule has 0 saturated carbocycles. The standard InChI is InChI=1S/C16H14ClN5O2/c1-21(14-7-4-8-18-15(14)24-2)16(23)13-10-22(20-19-13)12-6-3-5-11(17)9-12/h3-10H,1-2H3. The third-order valence-corrected chi connectivity index (χ3v) is 3.63. The number of hydrogen-bond acceptors (Lipinski definition) is 5. The summed E-state index contributed by atoms with van der Waals surface area (Å²) in [5.41, 5.74) is 1.46. The van der Waals surface area contributed by atoms with Crippen LogP contribution in [-0.4, -0.2) is 40.0 Å². The molecule has 0 spiro atoms. The van der Waals surface area contributed by atoms with E-state index in [-0.39, 0.29) is 11.6 Å². The smallest absolute Gasteiger partial charge is 0.280 e. The van der Waals surface area contributed by atoms with E-state index < -0.39 is 0 Å². The second-order valence-electron chi connectivity index (χ2n) is 4.92. The van der Waals surface area contributed by atoms with Gasteiger partial charge < -0.3 is 9.64 Å². The minimum Gasteiger partial charge on any atom is -0.480 e. The molecule has 3 rings (SSSR count). The molecule has 0 aliphatic carbocycles. The summed E-state index contributed by atoms with van der Waals surface area (Å²) in [5, 5.41) is 8.50. The summed E-state index contributed by atoms with van der Waals surface area (Å²) in [4.78, 5) is 18.1. The number of nitrogens with zero attached hydrogens (tertiary/aromatic N) is 5. The molecule has 0 N–H and O–H groups in total. The number of hydrogen-bond donors (Lipinski definition) is 0. The average molecular weight is 344 g/mol. The van der Waals surface area contributed by atoms with Crippen molar-refractivity contribution in [2.45, 2.75) is 0 Å². The van der Waals surface area contributed by atoms with Gasteiger partial charge in [0.05, 0.1) is 19.0 Å². The van der Waals surface area contributed by atoms with Crippen LogP contribution in [0.4, 0.5) is 5.69 Å². The number of ether oxygens (including phenoxy) is 1. The average Bonchev–Trinajstić information content (AvgIpc) is 3.10. The van der Waals surface area contributed by atoms with Gasteiger partial charge in [0.25, 0.3) is 5.91 Å². The molecule has 1 aromatic carbocycles. The lowest BCUT2D eigenvalue weighted by Crippen LogP contribution is -2.27. The van der Waals surface area contributed by atoms with Crippen molar-refractivity contribution in [1.29, 1.82) is 0 Å². The summed E-state index contributed by atoms with van der Waals surface area (Å²) >= 11 is 5.97. The Morgan fingerprint density at radius 1 is 1.29 bits per heavy atom. The van der Waals surface area contributed by atoms with Gasteiger partial charge in [-0.3, -0.25) is 4.79 Å². The molecule has 0 unspecified atom stereocenters. The zero-order chi connectivity index (χ0) is 17.1. The zero-order valence-electron chi connectivity index (χ0n) is 13.0. The van der Waals surface area contributed by atoms with Crippen LogP contribution in [-0.2, 0) is 0 Å². The van der Waals surface area contributed by atoms with Gasteiger partial charge in [0.1, 0.15) is 5.69 Å². The number of methoxy groups -OCH3 is 1. The van der Waals surface area contributed by atoms with Crippen LogP contribution < -0.4 is 9.64 Å². The summed E-state index contributed by atoms with van der Waals surface area (Å²) in [6, 6.07) is 10.6. The van der Waals surface area contributed by atoms with Crippen LogP contribution in [0.5, 0.6) is 5.88 Å². The predicted octanol–water partition coefficient (Wildman–Crippen LogP) is 2.60. The molecule has 7 nitrogen and oxygen atoms in total. The lowest BCUT2D eigenvalue weighted by molar-refractivity contribution is 0.0987. The molecule has 0 bridgehead atoms. The van der Waals surface area contributed by atoms with Crippen molar-refractivity contribution >= 4 is 23.2 Å². The van der Waals surface area contributed by atoms with E-state index in [0.29, 0.717) is 16.6 Å². The molecule has 2 aromatic heterocycles. The molecule has 0 aliphatic heterocycles. The second-order valence-corrected chi connectivity index (χ2v) is 5.36. The van der Waals surface area contributed by atoms with Crippen LogP contribution in [0.2, 0.25) is 5.02 Å². The fourth-order valence-electron chi connectivity index (χ4n) is 2.18. The molecule has 122 valence electrons. The molecule has 24 heavy (non-hydrogen) atoms. The van der Waals surface area contributed by atoms with Crippen molar-refractivity contribution in [2.24, 2.45) is 0 Å². The Balaban J connectivity index is 1.88. The summed E-state index contributed by atoms with van der Waals surface area (Å²) in [6.45, 7) is 0. The maximum absolute atomic E-state index is 12.6. The van der Waals surface area contributed by atoms with E-state index in [2.05, 4.69) is 15.3 Å². The van der Waals surface area contributed by atoms with Crippen molar-refractivity contribution in [3.05, 3.63) is 59.5 Å². The summed E-state index contributed by atoms with van der Waals surface area (Å²) in [6.07, 6.45) is 3.14. The third kappa shape index (κ3) is 3.07. The first kappa shape index (κ1) is 15.9. The third-order valence-electron chi connectivity index (χ3n) is 3.40. The van der Waals surface area contributed by atoms with Crippen molar-refractivity contribution in [3.8, 4) is 11.6 Å². The van der Waals surface area contributed by atoms with Gasteiger partial charge in [-0.25, -0.2) is 9.67 Å². The molecule has 0 atom stereocenters. The van der Waals surface area contributed by atoms with Crippen LogP contribution in [0, 0.1) is 0 Å². The zero-order valence-corrected chi connectivity index (χ0v) is 13.8. The number of rotatable bonds is 4. The predicted molar refractivity (Wildman–Crippen MR) is 89.9 cm³/mol. The van der Waals surface area contributed by atoms with Crippen molar-refractivity contribution in [3.63, 3.8) is 0 Å². The summed E-state index contributed by atoms with van der Waals surface area (Å²) in [7, 11) is 3.12. The number of anilines is 1. The Bertz CT molecular complexity index is 880. The highest BCUT2D eigenvalue weighted by molar-refractivity contribution is 6.30. The van der Waals surface area contributed by atoms with Crippen molar-refractivity contribution in [1.82, 2.24) is 20.0 Å². The van der Waals surface area contributed by atoms with Crippen LogP contribution in [0.15, 0.2) is 48.8 Å². The first-order valence-electron chi connectivity index (χ1n) is 7.05. The van der Waals surface area contributed by atoms with E-state index in [0.717, 1.165) is 5.69 Å². The first-order valence-corrected chi connectivity index (χ1v) is 7.43. The number of carbonyl (C=O) groups is 1. The molecule has 2 heterocycles. The molecule has 3 aromatic rings. The van der Waals surface area contributed by atoms with Crippen LogP contribution >= 0.6 is 11.6 Å². The quantitative estimate of drug-likeness (QED) is 0.728. The summed E-state index contributed by atoms with van der Waals surface area (Å²) < 4.78 is 6.67. The van der Waals surface area contributed by atoms with E-state index in [1.807, 2.05) is 6.07 Å². The Labute approximate surface area is 143 Å². The highest BCUT2D eigenvalue weighted by Crippen LogP contribution is 2.25. The Hall–Kier alpha value is -2.93. The van der Waals surface area contributed by atoms with E-state index in [1.54, 1.807) is 49.8 Å². The maximum atomic E-state index is 12.6. The number of amides is 1. The van der Waals surface area contributed by atoms with Crippen molar-refractivity contribution in [2.75, 3.05) is 19.1 Å². The minimum absolute atomic E-state index is 0.198. The van der Waals surface area contributed by atoms with Gasteiger partial charge in [-0.15, -0.1) is 5.10 Å². The van der Waals surface area contributed by atoms with Gasteiger partial charge in [-0.05, 0) is 30.3 Å². The number of aromatic nitrogens is 4. The Morgan fingerprint density at radius 2 is 2.12 bits per heavy atom. The van der Waals surface area contributed by atoms with Crippen LogP contribution in [0.1, 0.15) is 10.5 Å². The van der Waals surface area contributed by atoms with Gasteiger partial charge in [0.15, 0.2) is 5.69 Å². The molecular formula is C16H14ClN5O2. The molecule has 0 aliphatic rings. The highest BCUT2D eigenvalue weighted by Gasteiger charge is 2.20. The van der Waals surface area contributed by atoms with E-state index >= 15 is 0 Å². The van der Waals surface area contributed by atoms with Gasteiger partial charge in [-0.2, -0.15) is 0 Å². The number of halogens is 1. The normalized spacial score (nSPS) is 10.5. The molecule has 0 saturated heterocycles. The van der Waals surface area contributed by atoms with E-state index in [4.69, 9.17) is 16.3 Å². The van der Waals surface area contributed by atoms with Crippen molar-refractivity contribution < 1.29 is 9.53 Å². The maximum Gasteiger partial charge on any atom is 0.280 e. The number of pyridine rings is 1. The van der Waals surface area contributed by atoms with E-state index in [9.17, 15) is 4.79 Å². The van der Waals surface area contributed by atoms with Gasteiger partial charge in [-0.1, -0.05) is 22.9 Å². The van der Waals surface area contributed by atoms with Crippen LogP contribution in [0.25, 0.3) is 5.69 Å². The Kier molecular flexibility index (Phi) is 4.43. The largest absolute Gasteiger partial charge is 0.480 e. The second kappa shape index (κ2) is 6.67. The minimum atomic E-state index is -0.324. The van der Waals surface area contributed by atoms with Gasteiger partial charge in [0.2, 0.25) is 5.88 Å². The molecular weight excluding hydrogens is 330 g/mol. The monoisotopic (exact) mass is 343 g/mol. The highest BCUT2D eigenvalue weighted by atomic mass is 35.5. The molecule has 0 radical (unpaired) electrons. The molecule has 0 fully saturated rings. The lowest BCUT2D eigenvalue weighted by atomic mass is 10.3. The fraction of sp³-hybridized carbons (Fsp3) is 0.125.